The monoisotopic (exact) mass is 517 g/mol. The number of nitrogens with zero attached hydrogens (tertiary/aromatic N) is 2. The van der Waals surface area contributed by atoms with Crippen molar-refractivity contribution in [1.29, 1.82) is 0 Å². The van der Waals surface area contributed by atoms with Crippen LogP contribution >= 0.6 is 34.8 Å². The Balaban J connectivity index is 1.37. The number of piperazine rings is 1. The Morgan fingerprint density at radius 1 is 0.941 bits per heavy atom. The molecule has 2 aromatic carbocycles. The van der Waals surface area contributed by atoms with Crippen LogP contribution in [0.25, 0.3) is 17.4 Å². The summed E-state index contributed by atoms with van der Waals surface area (Å²) in [6, 6.07) is 14.0. The van der Waals surface area contributed by atoms with Crippen molar-refractivity contribution in [2.24, 2.45) is 0 Å². The molecule has 0 radical (unpaired) electrons. The lowest BCUT2D eigenvalue weighted by Gasteiger charge is -2.36. The highest BCUT2D eigenvalue weighted by atomic mass is 35.5. The van der Waals surface area contributed by atoms with Crippen LogP contribution in [0.3, 0.4) is 0 Å². The van der Waals surface area contributed by atoms with Crippen molar-refractivity contribution in [1.82, 2.24) is 4.90 Å². The molecule has 1 aromatic heterocycles. The van der Waals surface area contributed by atoms with Gasteiger partial charge in [-0.05, 0) is 54.6 Å². The molecule has 1 aliphatic rings. The van der Waals surface area contributed by atoms with E-state index in [1.807, 2.05) is 11.0 Å². The first kappa shape index (κ1) is 24.2. The summed E-state index contributed by atoms with van der Waals surface area (Å²) in [5.41, 5.74) is 2.13. The fourth-order valence-electron chi connectivity index (χ4n) is 3.72. The molecule has 6 nitrogen and oxygen atoms in total. The van der Waals surface area contributed by atoms with E-state index in [2.05, 4.69) is 10.2 Å². The number of nitrogens with one attached hydrogen (secondary N) is 1. The van der Waals surface area contributed by atoms with Gasteiger partial charge < -0.3 is 19.5 Å². The van der Waals surface area contributed by atoms with Crippen LogP contribution in [0.5, 0.6) is 0 Å². The maximum Gasteiger partial charge on any atom is 0.248 e. The van der Waals surface area contributed by atoms with Crippen LogP contribution in [-0.4, -0.2) is 42.9 Å². The van der Waals surface area contributed by atoms with Crippen LogP contribution < -0.4 is 10.2 Å². The number of amides is 2. The Labute approximate surface area is 212 Å². The second-order valence-corrected chi connectivity index (χ2v) is 9.06. The van der Waals surface area contributed by atoms with Crippen LogP contribution in [0.1, 0.15) is 12.7 Å². The minimum atomic E-state index is -0.322. The first-order valence-corrected chi connectivity index (χ1v) is 11.8. The second kappa shape index (κ2) is 10.6. The lowest BCUT2D eigenvalue weighted by molar-refractivity contribution is -0.129. The van der Waals surface area contributed by atoms with E-state index >= 15 is 0 Å². The van der Waals surface area contributed by atoms with Crippen molar-refractivity contribution in [2.45, 2.75) is 6.92 Å². The van der Waals surface area contributed by atoms with Gasteiger partial charge in [0.2, 0.25) is 11.8 Å². The summed E-state index contributed by atoms with van der Waals surface area (Å²) in [5, 5.41) is 4.41. The quantitative estimate of drug-likeness (QED) is 0.407. The number of carbonyl (C=O) groups is 2. The highest BCUT2D eigenvalue weighted by Crippen LogP contribution is 2.32. The van der Waals surface area contributed by atoms with Gasteiger partial charge in [-0.1, -0.05) is 34.8 Å². The van der Waals surface area contributed by atoms with Crippen molar-refractivity contribution in [2.75, 3.05) is 36.4 Å². The Kier molecular flexibility index (Phi) is 7.51. The van der Waals surface area contributed by atoms with Gasteiger partial charge in [-0.2, -0.15) is 0 Å². The van der Waals surface area contributed by atoms with E-state index in [4.69, 9.17) is 39.2 Å². The van der Waals surface area contributed by atoms with Crippen LogP contribution in [0, 0.1) is 0 Å². The predicted octanol–water partition coefficient (Wildman–Crippen LogP) is 6.23. The van der Waals surface area contributed by atoms with Crippen molar-refractivity contribution >= 4 is 64.1 Å². The summed E-state index contributed by atoms with van der Waals surface area (Å²) in [6.45, 7) is 4.31. The predicted molar refractivity (Wildman–Crippen MR) is 138 cm³/mol. The molecule has 1 N–H and O–H groups in total. The van der Waals surface area contributed by atoms with E-state index in [1.54, 1.807) is 55.5 Å². The molecule has 0 saturated carbocycles. The van der Waals surface area contributed by atoms with E-state index in [9.17, 15) is 9.59 Å². The molecule has 1 saturated heterocycles. The maximum absolute atomic E-state index is 12.4. The lowest BCUT2D eigenvalue weighted by atomic mass is 10.2. The fraction of sp³-hybridized carbons (Fsp3) is 0.200. The normalized spacial score (nSPS) is 14.0. The van der Waals surface area contributed by atoms with Gasteiger partial charge in [-0.15, -0.1) is 0 Å². The summed E-state index contributed by atoms with van der Waals surface area (Å²) in [6.07, 6.45) is 2.95. The van der Waals surface area contributed by atoms with Gasteiger partial charge in [-0.3, -0.25) is 9.59 Å². The second-order valence-electron chi connectivity index (χ2n) is 7.81. The minimum absolute atomic E-state index is 0.0795. The van der Waals surface area contributed by atoms with Crippen molar-refractivity contribution in [3.8, 4) is 11.3 Å². The summed E-state index contributed by atoms with van der Waals surface area (Å²) in [5.74, 6) is 0.812. The van der Waals surface area contributed by atoms with Gasteiger partial charge in [0.15, 0.2) is 0 Å². The molecule has 3 aromatic rings. The van der Waals surface area contributed by atoms with E-state index in [0.717, 1.165) is 5.69 Å². The number of rotatable bonds is 5. The molecular weight excluding hydrogens is 497 g/mol. The van der Waals surface area contributed by atoms with Crippen molar-refractivity contribution < 1.29 is 14.0 Å². The van der Waals surface area contributed by atoms with Crippen LogP contribution in [0.15, 0.2) is 59.0 Å². The number of furan rings is 1. The zero-order chi connectivity index (χ0) is 24.2. The van der Waals surface area contributed by atoms with Gasteiger partial charge in [0.05, 0.1) is 15.7 Å². The molecule has 34 heavy (non-hydrogen) atoms. The molecule has 1 fully saturated rings. The third kappa shape index (κ3) is 5.76. The molecule has 0 bridgehead atoms. The summed E-state index contributed by atoms with van der Waals surface area (Å²) in [7, 11) is 0. The number of anilines is 2. The Morgan fingerprint density at radius 3 is 2.41 bits per heavy atom. The number of hydrogen-bond donors (Lipinski definition) is 1. The molecule has 0 spiro atoms. The van der Waals surface area contributed by atoms with Crippen LogP contribution in [-0.2, 0) is 9.59 Å². The molecule has 0 atom stereocenters. The first-order valence-electron chi connectivity index (χ1n) is 10.6. The summed E-state index contributed by atoms with van der Waals surface area (Å²) in [4.78, 5) is 27.9. The molecule has 4 rings (SSSR count). The zero-order valence-electron chi connectivity index (χ0n) is 18.4. The molecule has 1 aliphatic heterocycles. The minimum Gasteiger partial charge on any atom is -0.457 e. The largest absolute Gasteiger partial charge is 0.457 e. The smallest absolute Gasteiger partial charge is 0.248 e. The SMILES string of the molecule is CC(=O)N1CCN(c2ccc(NC(=O)/C=C/c3ccc(-c4cc(Cl)ccc4Cl)o3)cc2Cl)CC1. The van der Waals surface area contributed by atoms with E-state index in [1.165, 1.54) is 6.08 Å². The highest BCUT2D eigenvalue weighted by molar-refractivity contribution is 6.35. The lowest BCUT2D eigenvalue weighted by Crippen LogP contribution is -2.48. The summed E-state index contributed by atoms with van der Waals surface area (Å²) < 4.78 is 5.77. The molecule has 2 amide bonds. The van der Waals surface area contributed by atoms with E-state index in [0.29, 0.717) is 64.0 Å². The Hall–Kier alpha value is -2.93. The third-order valence-corrected chi connectivity index (χ3v) is 6.37. The summed E-state index contributed by atoms with van der Waals surface area (Å²) >= 11 is 18.7. The fourth-order valence-corrected chi connectivity index (χ4v) is 4.40. The van der Waals surface area contributed by atoms with Gasteiger partial charge in [0.1, 0.15) is 11.5 Å². The van der Waals surface area contributed by atoms with Crippen LogP contribution in [0.4, 0.5) is 11.4 Å². The molecule has 0 unspecified atom stereocenters. The number of carbonyl (C=O) groups excluding carboxylic acids is 2. The molecule has 0 aliphatic carbocycles. The molecule has 2 heterocycles. The van der Waals surface area contributed by atoms with Gasteiger partial charge >= 0.3 is 0 Å². The van der Waals surface area contributed by atoms with Crippen molar-refractivity contribution in [3.05, 3.63) is 75.4 Å². The van der Waals surface area contributed by atoms with E-state index in [-0.39, 0.29) is 11.8 Å². The highest BCUT2D eigenvalue weighted by Gasteiger charge is 2.20. The first-order chi connectivity index (χ1) is 16.3. The van der Waals surface area contributed by atoms with E-state index < -0.39 is 0 Å². The zero-order valence-corrected chi connectivity index (χ0v) is 20.6. The van der Waals surface area contributed by atoms with Gasteiger partial charge in [-0.25, -0.2) is 0 Å². The van der Waals surface area contributed by atoms with Crippen LogP contribution in [0.2, 0.25) is 15.1 Å². The van der Waals surface area contributed by atoms with Gasteiger partial charge in [0.25, 0.3) is 0 Å². The molecule has 176 valence electrons. The average molecular weight is 519 g/mol. The maximum atomic E-state index is 12.4. The number of halogens is 3. The average Bonchev–Trinajstić information content (AvgIpc) is 3.28. The van der Waals surface area contributed by atoms with Crippen molar-refractivity contribution in [3.63, 3.8) is 0 Å². The molecular formula is C25H22Cl3N3O3. The Morgan fingerprint density at radius 2 is 1.71 bits per heavy atom. The topological polar surface area (TPSA) is 65.8 Å². The number of hydrogen-bond acceptors (Lipinski definition) is 4. The number of benzene rings is 2. The Bertz CT molecular complexity index is 1250. The molecule has 9 heteroatoms. The third-order valence-electron chi connectivity index (χ3n) is 5.50. The standard InChI is InChI=1S/C25H22Cl3N3O3/c1-16(32)30-10-12-31(13-11-30)23-7-3-18(15-22(23)28)29-25(33)9-5-19-4-8-24(34-19)20-14-17(26)2-6-21(20)27/h2-9,14-15H,10-13H2,1H3,(H,29,33)/b9-5+. The van der Waals surface area contributed by atoms with Gasteiger partial charge in [0, 0.05) is 55.5 Å².